The summed E-state index contributed by atoms with van der Waals surface area (Å²) in [7, 11) is -3.23. The van der Waals surface area contributed by atoms with E-state index in [0.29, 0.717) is 31.5 Å². The van der Waals surface area contributed by atoms with E-state index in [2.05, 4.69) is 51.5 Å². The van der Waals surface area contributed by atoms with Crippen LogP contribution < -0.4 is 15.4 Å². The van der Waals surface area contributed by atoms with Gasteiger partial charge in [-0.3, -0.25) is 0 Å². The second kappa shape index (κ2) is 11.8. The molecule has 1 aromatic carbocycles. The van der Waals surface area contributed by atoms with Gasteiger partial charge in [-0.2, -0.15) is 0 Å². The van der Waals surface area contributed by atoms with Gasteiger partial charge >= 0.3 is 0 Å². The van der Waals surface area contributed by atoms with Crippen molar-refractivity contribution in [3.05, 3.63) is 35.4 Å². The lowest BCUT2D eigenvalue weighted by Crippen LogP contribution is -2.42. The predicted molar refractivity (Wildman–Crippen MR) is 119 cm³/mol. The number of nitrogens with one attached hydrogen (secondary N) is 3. The largest absolute Gasteiger partial charge is 0.357 e. The molecule has 2 rings (SSSR count). The Labute approximate surface area is 174 Å². The lowest BCUT2D eigenvalue weighted by atomic mass is 9.86. The molecule has 3 N–H and O–H groups in total. The van der Waals surface area contributed by atoms with Crippen LogP contribution in [0.1, 0.15) is 37.3 Å². The lowest BCUT2D eigenvalue weighted by molar-refractivity contribution is 0.316. The molecule has 1 aromatic rings. The van der Waals surface area contributed by atoms with Crippen LogP contribution in [0.5, 0.6) is 0 Å². The molecule has 148 valence electrons. The first-order valence-corrected chi connectivity index (χ1v) is 10.7. The number of benzene rings is 1. The van der Waals surface area contributed by atoms with E-state index in [1.807, 2.05) is 6.92 Å². The van der Waals surface area contributed by atoms with E-state index in [9.17, 15) is 8.42 Å². The molecule has 1 saturated carbocycles. The Hall–Kier alpha value is -0.870. The Morgan fingerprint density at radius 1 is 1.19 bits per heavy atom. The van der Waals surface area contributed by atoms with Gasteiger partial charge in [0.2, 0.25) is 10.0 Å². The minimum atomic E-state index is -3.23. The topological polar surface area (TPSA) is 82.6 Å². The Bertz CT molecular complexity index is 658. The Morgan fingerprint density at radius 3 is 2.46 bits per heavy atom. The maximum Gasteiger partial charge on any atom is 0.213 e. The van der Waals surface area contributed by atoms with Crippen molar-refractivity contribution in [1.82, 2.24) is 15.4 Å². The molecule has 0 radical (unpaired) electrons. The molecular formula is C18H31IN4O2S. The van der Waals surface area contributed by atoms with Crippen molar-refractivity contribution in [3.8, 4) is 0 Å². The van der Waals surface area contributed by atoms with Gasteiger partial charge in [0, 0.05) is 19.6 Å². The molecule has 0 heterocycles. The summed E-state index contributed by atoms with van der Waals surface area (Å²) in [4.78, 5) is 4.51. The van der Waals surface area contributed by atoms with Crippen molar-refractivity contribution in [1.29, 1.82) is 0 Å². The summed E-state index contributed by atoms with van der Waals surface area (Å²) in [6.45, 7) is 6.23. The third kappa shape index (κ3) is 8.68. The molecule has 0 amide bonds. The minimum Gasteiger partial charge on any atom is -0.357 e. The van der Waals surface area contributed by atoms with Crippen molar-refractivity contribution >= 4 is 40.0 Å². The number of aliphatic imine (C=N–C) groups is 1. The van der Waals surface area contributed by atoms with Crippen LogP contribution >= 0.6 is 24.0 Å². The molecular weight excluding hydrogens is 463 g/mol. The number of hydrogen-bond acceptors (Lipinski definition) is 3. The molecule has 1 fully saturated rings. The molecule has 26 heavy (non-hydrogen) atoms. The fourth-order valence-electron chi connectivity index (χ4n) is 2.52. The molecule has 0 aromatic heterocycles. The van der Waals surface area contributed by atoms with Crippen molar-refractivity contribution in [2.45, 2.75) is 39.7 Å². The van der Waals surface area contributed by atoms with Crippen LogP contribution in [0, 0.1) is 12.8 Å². The van der Waals surface area contributed by atoms with Crippen LogP contribution in [-0.4, -0.2) is 39.8 Å². The van der Waals surface area contributed by atoms with Gasteiger partial charge in [0.1, 0.15) is 0 Å². The van der Waals surface area contributed by atoms with E-state index >= 15 is 0 Å². The molecule has 0 aliphatic heterocycles. The van der Waals surface area contributed by atoms with E-state index in [1.165, 1.54) is 12.0 Å². The number of rotatable bonds is 9. The molecule has 0 unspecified atom stereocenters. The summed E-state index contributed by atoms with van der Waals surface area (Å²) in [5, 5.41) is 6.24. The van der Waals surface area contributed by atoms with Gasteiger partial charge < -0.3 is 10.6 Å². The van der Waals surface area contributed by atoms with Gasteiger partial charge in [-0.15, -0.1) is 24.0 Å². The summed E-state index contributed by atoms with van der Waals surface area (Å²) in [5.41, 5.74) is 2.34. The average molecular weight is 494 g/mol. The fourth-order valence-corrected chi connectivity index (χ4v) is 3.53. The normalized spacial score (nSPS) is 15.1. The van der Waals surface area contributed by atoms with Gasteiger partial charge in [-0.25, -0.2) is 18.1 Å². The van der Waals surface area contributed by atoms with Crippen molar-refractivity contribution in [2.75, 3.05) is 25.4 Å². The SMILES string of the molecule is CCNC(=NCc1ccc(C)cc1)NCCS(=O)(=O)NCC1CCC1.I. The van der Waals surface area contributed by atoms with Crippen LogP contribution in [0.3, 0.4) is 0 Å². The first-order chi connectivity index (χ1) is 12.0. The summed E-state index contributed by atoms with van der Waals surface area (Å²) in [6, 6.07) is 8.23. The van der Waals surface area contributed by atoms with Crippen molar-refractivity contribution in [3.63, 3.8) is 0 Å². The molecule has 0 atom stereocenters. The summed E-state index contributed by atoms with van der Waals surface area (Å²) < 4.78 is 26.7. The minimum absolute atomic E-state index is 0. The van der Waals surface area contributed by atoms with E-state index in [1.54, 1.807) is 0 Å². The summed E-state index contributed by atoms with van der Waals surface area (Å²) in [6.07, 6.45) is 3.49. The number of hydrogen-bond donors (Lipinski definition) is 3. The summed E-state index contributed by atoms with van der Waals surface area (Å²) >= 11 is 0. The average Bonchev–Trinajstić information content (AvgIpc) is 2.52. The van der Waals surface area contributed by atoms with Crippen LogP contribution in [-0.2, 0) is 16.6 Å². The van der Waals surface area contributed by atoms with Crippen LogP contribution in [0.4, 0.5) is 0 Å². The van der Waals surface area contributed by atoms with Crippen LogP contribution in [0.25, 0.3) is 0 Å². The summed E-state index contributed by atoms with van der Waals surface area (Å²) in [5.74, 6) is 1.21. The Morgan fingerprint density at radius 2 is 1.88 bits per heavy atom. The van der Waals surface area contributed by atoms with Gasteiger partial charge in [0.15, 0.2) is 5.96 Å². The monoisotopic (exact) mass is 494 g/mol. The Kier molecular flexibility index (Phi) is 10.5. The molecule has 1 aliphatic rings. The molecule has 0 saturated heterocycles. The van der Waals surface area contributed by atoms with Crippen molar-refractivity contribution < 1.29 is 8.42 Å². The zero-order valence-corrected chi connectivity index (χ0v) is 18.8. The number of halogens is 1. The van der Waals surface area contributed by atoms with E-state index in [0.717, 1.165) is 24.9 Å². The second-order valence-corrected chi connectivity index (χ2v) is 8.50. The molecule has 1 aliphatic carbocycles. The van der Waals surface area contributed by atoms with Crippen molar-refractivity contribution in [2.24, 2.45) is 10.9 Å². The lowest BCUT2D eigenvalue weighted by Gasteiger charge is -2.25. The van der Waals surface area contributed by atoms with Gasteiger partial charge in [0.25, 0.3) is 0 Å². The zero-order chi connectivity index (χ0) is 18.1. The van der Waals surface area contributed by atoms with Gasteiger partial charge in [-0.1, -0.05) is 36.2 Å². The highest BCUT2D eigenvalue weighted by atomic mass is 127. The second-order valence-electron chi connectivity index (χ2n) is 6.57. The molecule has 0 bridgehead atoms. The predicted octanol–water partition coefficient (Wildman–Crippen LogP) is 2.39. The maximum atomic E-state index is 12.0. The fraction of sp³-hybridized carbons (Fsp3) is 0.611. The van der Waals surface area contributed by atoms with Gasteiger partial charge in [-0.05, 0) is 38.2 Å². The quantitative estimate of drug-likeness (QED) is 0.280. The van der Waals surface area contributed by atoms with Crippen LogP contribution in [0.2, 0.25) is 0 Å². The van der Waals surface area contributed by atoms with E-state index < -0.39 is 10.0 Å². The smallest absolute Gasteiger partial charge is 0.213 e. The van der Waals surface area contributed by atoms with Gasteiger partial charge in [0.05, 0.1) is 12.3 Å². The number of aryl methyl sites for hydroxylation is 1. The molecule has 8 heteroatoms. The molecule has 6 nitrogen and oxygen atoms in total. The maximum absolute atomic E-state index is 12.0. The number of nitrogens with zero attached hydrogens (tertiary/aromatic N) is 1. The zero-order valence-electron chi connectivity index (χ0n) is 15.6. The number of guanidine groups is 1. The van der Waals surface area contributed by atoms with Crippen LogP contribution in [0.15, 0.2) is 29.3 Å². The first-order valence-electron chi connectivity index (χ1n) is 9.03. The molecule has 0 spiro atoms. The first kappa shape index (κ1) is 23.2. The highest BCUT2D eigenvalue weighted by molar-refractivity contribution is 14.0. The highest BCUT2D eigenvalue weighted by Gasteiger charge is 2.19. The van der Waals surface area contributed by atoms with E-state index in [-0.39, 0.29) is 29.7 Å². The van der Waals surface area contributed by atoms with E-state index in [4.69, 9.17) is 0 Å². The number of sulfonamides is 1. The third-order valence-corrected chi connectivity index (χ3v) is 5.71. The standard InChI is InChI=1S/C18H30N4O2S.HI/c1-3-19-18(21-13-17-9-7-15(2)8-10-17)20-11-12-25(23,24)22-14-16-5-4-6-16;/h7-10,16,22H,3-6,11-14H2,1-2H3,(H2,19,20,21);1H. The Balaban J connectivity index is 0.00000338. The third-order valence-electron chi connectivity index (χ3n) is 4.36. The highest BCUT2D eigenvalue weighted by Crippen LogP contribution is 2.25.